The molecule has 2 unspecified atom stereocenters. The van der Waals surface area contributed by atoms with Gasteiger partial charge in [-0.05, 0) is 50.9 Å². The molecule has 0 aromatic heterocycles. The van der Waals surface area contributed by atoms with Crippen LogP contribution in [0.1, 0.15) is 143 Å². The number of hydrogen-bond donors (Lipinski definition) is 5. The first-order chi connectivity index (χ1) is 27.6. The lowest BCUT2D eigenvalue weighted by Crippen LogP contribution is -2.29. The number of aliphatic hydroxyl groups is 2. The van der Waals surface area contributed by atoms with E-state index in [1.165, 1.54) is 44.9 Å². The second-order valence-electron chi connectivity index (χ2n) is 14.6. The Kier molecular flexibility index (Phi) is 35.2. The monoisotopic (exact) mass is 864 g/mol. The molecule has 0 aliphatic carbocycles. The number of unbranched alkanes of at least 4 members (excludes halogenated alkanes) is 10. The van der Waals surface area contributed by atoms with Gasteiger partial charge in [-0.25, -0.2) is 9.13 Å². The Morgan fingerprint density at radius 2 is 1.19 bits per heavy atom. The van der Waals surface area contributed by atoms with Crippen LogP contribution in [-0.2, 0) is 41.8 Å². The maximum atomic E-state index is 12.6. The van der Waals surface area contributed by atoms with Crippen molar-refractivity contribution in [1.82, 2.24) is 0 Å². The van der Waals surface area contributed by atoms with Gasteiger partial charge in [-0.3, -0.25) is 23.2 Å². The van der Waals surface area contributed by atoms with E-state index in [9.17, 15) is 33.8 Å². The predicted molar refractivity (Wildman–Crippen MR) is 227 cm³/mol. The zero-order chi connectivity index (χ0) is 43.3. The summed E-state index contributed by atoms with van der Waals surface area (Å²) in [6.45, 7) is 3.76. The highest BCUT2D eigenvalue weighted by Gasteiger charge is 2.28. The first-order valence-corrected chi connectivity index (χ1v) is 24.0. The predicted octanol–water partition coefficient (Wildman–Crippen LogP) is 9.27. The third-order valence-electron chi connectivity index (χ3n) is 8.42. The van der Waals surface area contributed by atoms with Crippen molar-refractivity contribution in [2.24, 2.45) is 5.92 Å². The van der Waals surface area contributed by atoms with Gasteiger partial charge in [-0.2, -0.15) is 0 Å². The van der Waals surface area contributed by atoms with Crippen molar-refractivity contribution in [3.05, 3.63) is 60.8 Å². The van der Waals surface area contributed by atoms with Crippen molar-refractivity contribution in [3.63, 3.8) is 0 Å². The lowest BCUT2D eigenvalue weighted by Gasteiger charge is -2.20. The molecule has 0 rings (SSSR count). The first-order valence-electron chi connectivity index (χ1n) is 20.9. The molecule has 336 valence electrons. The first kappa shape index (κ1) is 55.8. The van der Waals surface area contributed by atoms with Crippen molar-refractivity contribution in [2.75, 3.05) is 26.4 Å². The van der Waals surface area contributed by atoms with Crippen LogP contribution in [0.4, 0.5) is 0 Å². The molecule has 0 heterocycles. The molecule has 0 aromatic rings. The van der Waals surface area contributed by atoms with Gasteiger partial charge in [0.15, 0.2) is 6.10 Å². The van der Waals surface area contributed by atoms with Crippen molar-refractivity contribution in [3.8, 4) is 0 Å². The van der Waals surface area contributed by atoms with E-state index in [1.807, 2.05) is 36.5 Å². The Labute approximate surface area is 347 Å². The number of phosphoric ester groups is 2. The van der Waals surface area contributed by atoms with Crippen LogP contribution < -0.4 is 0 Å². The molecule has 16 heteroatoms. The van der Waals surface area contributed by atoms with E-state index in [1.54, 1.807) is 12.2 Å². The number of allylic oxidation sites excluding steroid dienone is 8. The average molecular weight is 865 g/mol. The standard InChI is InChI=1S/C42H74O14P2/c1-4-5-6-7-19-24-29-38(43)30-25-20-15-12-13-17-22-27-32-42(46)56-40(36-55-58(50,51)54-34-39(44)33-53-57(47,48)49)35-52-41(45)31-26-21-16-11-9-8-10-14-18-23-28-37(2)3/h5-6,13,15,17,19-20,24-25,30,37-40,43-44H,4,7-12,14,16,18,21-23,26-29,31-36H2,1-3H3,(H,50,51)(H2,47,48,49)/b6-5-,17-13-,20-15-,24-19-,30-25+/t38?,39-,40+/m0/s1. The van der Waals surface area contributed by atoms with Gasteiger partial charge < -0.3 is 34.4 Å². The summed E-state index contributed by atoms with van der Waals surface area (Å²) in [4.78, 5) is 52.6. The van der Waals surface area contributed by atoms with Crippen LogP contribution in [0.2, 0.25) is 0 Å². The molecule has 0 fully saturated rings. The number of aliphatic hydroxyl groups excluding tert-OH is 2. The normalized spacial score (nSPS) is 15.3. The van der Waals surface area contributed by atoms with E-state index in [4.69, 9.17) is 23.8 Å². The van der Waals surface area contributed by atoms with Gasteiger partial charge in [-0.15, -0.1) is 0 Å². The highest BCUT2D eigenvalue weighted by molar-refractivity contribution is 7.47. The maximum absolute atomic E-state index is 12.6. The summed E-state index contributed by atoms with van der Waals surface area (Å²) in [5.41, 5.74) is 0. The average Bonchev–Trinajstić information content (AvgIpc) is 3.16. The molecule has 14 nitrogen and oxygen atoms in total. The molecule has 4 atom stereocenters. The summed E-state index contributed by atoms with van der Waals surface area (Å²) in [5.74, 6) is -0.377. The molecular formula is C42H74O14P2. The third kappa shape index (κ3) is 40.6. The minimum Gasteiger partial charge on any atom is -0.462 e. The molecule has 0 saturated carbocycles. The smallest absolute Gasteiger partial charge is 0.462 e. The quantitative estimate of drug-likeness (QED) is 0.0129. The number of carbonyl (C=O) groups excluding carboxylic acids is 2. The van der Waals surface area contributed by atoms with E-state index in [0.29, 0.717) is 32.1 Å². The summed E-state index contributed by atoms with van der Waals surface area (Å²) in [6, 6.07) is 0. The Morgan fingerprint density at radius 3 is 1.84 bits per heavy atom. The van der Waals surface area contributed by atoms with E-state index in [2.05, 4.69) is 42.0 Å². The number of phosphoric acid groups is 2. The van der Waals surface area contributed by atoms with Crippen LogP contribution in [0.3, 0.4) is 0 Å². The fourth-order valence-electron chi connectivity index (χ4n) is 5.24. The Balaban J connectivity index is 4.71. The minimum absolute atomic E-state index is 0.0196. The SMILES string of the molecule is CC/C=C\C/C=C\CC(O)/C=C/C=C\C/C=C\CCCC(=O)O[C@H](COC(=O)CCCCCCCCCCCCC(C)C)COP(=O)(O)OC[C@@H](O)COP(=O)(O)O. The highest BCUT2D eigenvalue weighted by atomic mass is 31.2. The van der Waals surface area contributed by atoms with Crippen molar-refractivity contribution >= 4 is 27.6 Å². The van der Waals surface area contributed by atoms with Crippen molar-refractivity contribution in [2.45, 2.75) is 161 Å². The van der Waals surface area contributed by atoms with Crippen molar-refractivity contribution < 1.29 is 66.7 Å². The van der Waals surface area contributed by atoms with Crippen LogP contribution in [0.25, 0.3) is 0 Å². The minimum atomic E-state index is -4.88. The molecule has 0 radical (unpaired) electrons. The van der Waals surface area contributed by atoms with Gasteiger partial charge in [-0.1, -0.05) is 146 Å². The highest BCUT2D eigenvalue weighted by Crippen LogP contribution is 2.43. The van der Waals surface area contributed by atoms with Crippen molar-refractivity contribution in [1.29, 1.82) is 0 Å². The number of esters is 2. The van der Waals surface area contributed by atoms with E-state index < -0.39 is 72.3 Å². The molecule has 0 saturated heterocycles. The molecule has 0 aliphatic rings. The largest absolute Gasteiger partial charge is 0.472 e. The van der Waals surface area contributed by atoms with Crippen LogP contribution in [-0.4, -0.2) is 81.6 Å². The summed E-state index contributed by atoms with van der Waals surface area (Å²) >= 11 is 0. The fourth-order valence-corrected chi connectivity index (χ4v) is 6.40. The molecule has 0 spiro atoms. The number of hydrogen-bond acceptors (Lipinski definition) is 11. The zero-order valence-corrected chi connectivity index (χ0v) is 36.9. The second kappa shape index (κ2) is 36.6. The third-order valence-corrected chi connectivity index (χ3v) is 9.86. The lowest BCUT2D eigenvalue weighted by atomic mass is 10.0. The van der Waals surface area contributed by atoms with E-state index >= 15 is 0 Å². The fraction of sp³-hybridized carbons (Fsp3) is 0.714. The number of rotatable bonds is 38. The summed E-state index contributed by atoms with van der Waals surface area (Å²) < 4.78 is 47.6. The second-order valence-corrected chi connectivity index (χ2v) is 17.3. The Hall–Kier alpha value is -2.22. The van der Waals surface area contributed by atoms with Crippen LogP contribution in [0.15, 0.2) is 60.8 Å². The molecule has 58 heavy (non-hydrogen) atoms. The van der Waals surface area contributed by atoms with Gasteiger partial charge >= 0.3 is 27.6 Å². The van der Waals surface area contributed by atoms with Gasteiger partial charge in [0, 0.05) is 12.8 Å². The molecule has 0 amide bonds. The molecule has 0 aromatic carbocycles. The van der Waals surface area contributed by atoms with Crippen LogP contribution in [0.5, 0.6) is 0 Å². The van der Waals surface area contributed by atoms with Gasteiger partial charge in [0.2, 0.25) is 0 Å². The van der Waals surface area contributed by atoms with Gasteiger partial charge in [0.1, 0.15) is 12.7 Å². The van der Waals surface area contributed by atoms with E-state index in [-0.39, 0.29) is 12.8 Å². The summed E-state index contributed by atoms with van der Waals surface area (Å²) in [5, 5.41) is 19.7. The summed E-state index contributed by atoms with van der Waals surface area (Å²) in [7, 11) is -9.71. The number of ether oxygens (including phenoxy) is 2. The van der Waals surface area contributed by atoms with E-state index in [0.717, 1.165) is 38.0 Å². The topological polar surface area (TPSA) is 216 Å². The molecule has 0 aliphatic heterocycles. The number of carbonyl (C=O) groups is 2. The Morgan fingerprint density at radius 1 is 0.621 bits per heavy atom. The molecule has 0 bridgehead atoms. The van der Waals surface area contributed by atoms with Crippen LogP contribution >= 0.6 is 15.6 Å². The molecular weight excluding hydrogens is 790 g/mol. The summed E-state index contributed by atoms with van der Waals surface area (Å²) in [6.07, 6.45) is 32.7. The van der Waals surface area contributed by atoms with Gasteiger partial charge in [0.25, 0.3) is 0 Å². The van der Waals surface area contributed by atoms with Crippen LogP contribution in [0, 0.1) is 5.92 Å². The Bertz CT molecular complexity index is 1290. The molecule has 5 N–H and O–H groups in total. The maximum Gasteiger partial charge on any atom is 0.472 e. The lowest BCUT2D eigenvalue weighted by molar-refractivity contribution is -0.161. The van der Waals surface area contributed by atoms with Gasteiger partial charge in [0.05, 0.1) is 25.9 Å². The zero-order valence-electron chi connectivity index (χ0n) is 35.2.